The number of hydrogen-bond donors (Lipinski definition) is 1. The molecule has 1 aliphatic rings. The fourth-order valence-corrected chi connectivity index (χ4v) is 2.23. The molecule has 0 radical (unpaired) electrons. The van der Waals surface area contributed by atoms with E-state index in [4.69, 9.17) is 0 Å². The Kier molecular flexibility index (Phi) is 5.45. The Balaban J connectivity index is 2.54. The van der Waals surface area contributed by atoms with Gasteiger partial charge >= 0.3 is 0 Å². The van der Waals surface area contributed by atoms with Gasteiger partial charge < -0.3 is 10.2 Å². The van der Waals surface area contributed by atoms with E-state index in [9.17, 15) is 9.59 Å². The summed E-state index contributed by atoms with van der Waals surface area (Å²) in [4.78, 5) is 25.3. The quantitative estimate of drug-likeness (QED) is 0.718. The van der Waals surface area contributed by atoms with Crippen molar-refractivity contribution >= 4 is 11.8 Å². The number of rotatable bonds is 6. The highest BCUT2D eigenvalue weighted by Gasteiger charge is 2.33. The van der Waals surface area contributed by atoms with Gasteiger partial charge in [0.05, 0.1) is 6.54 Å². The molecule has 4 nitrogen and oxygen atoms in total. The number of nitrogens with one attached hydrogen (secondary N) is 1. The molecule has 1 fully saturated rings. The van der Waals surface area contributed by atoms with E-state index in [1.807, 2.05) is 13.8 Å². The third-order valence-corrected chi connectivity index (χ3v) is 3.40. The SMILES string of the molecule is CCCCCC(C)N1CC(=O)NC(CC)C1=O. The fourth-order valence-electron chi connectivity index (χ4n) is 2.23. The van der Waals surface area contributed by atoms with E-state index >= 15 is 0 Å². The average Bonchev–Trinajstić information content (AvgIpc) is 2.31. The lowest BCUT2D eigenvalue weighted by atomic mass is 10.0. The van der Waals surface area contributed by atoms with E-state index in [0.29, 0.717) is 6.42 Å². The molecule has 2 amide bonds. The first-order valence-corrected chi connectivity index (χ1v) is 6.70. The maximum absolute atomic E-state index is 12.1. The minimum absolute atomic E-state index is 0.0289. The van der Waals surface area contributed by atoms with Crippen LogP contribution < -0.4 is 5.32 Å². The van der Waals surface area contributed by atoms with E-state index in [1.165, 1.54) is 12.8 Å². The standard InChI is InChI=1S/C13H24N2O2/c1-4-6-7-8-10(3)15-9-12(16)14-11(5-2)13(15)17/h10-11H,4-9H2,1-3H3,(H,14,16). The number of unbranched alkanes of at least 4 members (excludes halogenated alkanes) is 2. The molecule has 0 spiro atoms. The summed E-state index contributed by atoms with van der Waals surface area (Å²) in [7, 11) is 0. The van der Waals surface area contributed by atoms with Crippen molar-refractivity contribution in [3.05, 3.63) is 0 Å². The maximum atomic E-state index is 12.1. The molecule has 0 saturated carbocycles. The topological polar surface area (TPSA) is 49.4 Å². The zero-order valence-electron chi connectivity index (χ0n) is 11.2. The Bertz CT molecular complexity index is 279. The van der Waals surface area contributed by atoms with Crippen molar-refractivity contribution in [2.45, 2.75) is 65.0 Å². The molecule has 0 aliphatic carbocycles. The van der Waals surface area contributed by atoms with Crippen LogP contribution in [0.5, 0.6) is 0 Å². The maximum Gasteiger partial charge on any atom is 0.245 e. The first kappa shape index (κ1) is 14.0. The van der Waals surface area contributed by atoms with Gasteiger partial charge in [-0.15, -0.1) is 0 Å². The predicted molar refractivity (Wildman–Crippen MR) is 67.5 cm³/mol. The van der Waals surface area contributed by atoms with E-state index in [-0.39, 0.29) is 30.4 Å². The Morgan fingerprint density at radius 1 is 1.35 bits per heavy atom. The molecule has 2 unspecified atom stereocenters. The van der Waals surface area contributed by atoms with Crippen LogP contribution in [0.4, 0.5) is 0 Å². The summed E-state index contributed by atoms with van der Waals surface area (Å²) in [5.41, 5.74) is 0. The Labute approximate surface area is 104 Å². The van der Waals surface area contributed by atoms with Crippen LogP contribution in [0.1, 0.15) is 52.9 Å². The van der Waals surface area contributed by atoms with Gasteiger partial charge in [-0.25, -0.2) is 0 Å². The van der Waals surface area contributed by atoms with Gasteiger partial charge in [-0.2, -0.15) is 0 Å². The van der Waals surface area contributed by atoms with Crippen molar-refractivity contribution < 1.29 is 9.59 Å². The second-order valence-corrected chi connectivity index (χ2v) is 4.84. The van der Waals surface area contributed by atoms with Gasteiger partial charge in [0.1, 0.15) is 6.04 Å². The molecular weight excluding hydrogens is 216 g/mol. The molecule has 1 N–H and O–H groups in total. The molecular formula is C13H24N2O2. The second kappa shape index (κ2) is 6.62. The fraction of sp³-hybridized carbons (Fsp3) is 0.846. The molecule has 1 heterocycles. The van der Waals surface area contributed by atoms with E-state index in [1.54, 1.807) is 4.90 Å². The zero-order valence-corrected chi connectivity index (χ0v) is 11.2. The monoisotopic (exact) mass is 240 g/mol. The molecule has 17 heavy (non-hydrogen) atoms. The first-order valence-electron chi connectivity index (χ1n) is 6.70. The van der Waals surface area contributed by atoms with Crippen LogP contribution in [-0.4, -0.2) is 35.3 Å². The highest BCUT2D eigenvalue weighted by atomic mass is 16.2. The number of carbonyl (C=O) groups excluding carboxylic acids is 2. The van der Waals surface area contributed by atoms with Crippen LogP contribution in [-0.2, 0) is 9.59 Å². The van der Waals surface area contributed by atoms with E-state index < -0.39 is 0 Å². The summed E-state index contributed by atoms with van der Waals surface area (Å²) < 4.78 is 0. The van der Waals surface area contributed by atoms with Gasteiger partial charge in [-0.05, 0) is 19.8 Å². The van der Waals surface area contributed by atoms with Gasteiger partial charge in [0, 0.05) is 6.04 Å². The number of carbonyl (C=O) groups is 2. The molecule has 1 saturated heterocycles. The van der Waals surface area contributed by atoms with Gasteiger partial charge in [0.25, 0.3) is 0 Å². The molecule has 0 bridgehead atoms. The largest absolute Gasteiger partial charge is 0.343 e. The number of nitrogens with zero attached hydrogens (tertiary/aromatic N) is 1. The van der Waals surface area contributed by atoms with Crippen LogP contribution in [0.15, 0.2) is 0 Å². The lowest BCUT2D eigenvalue weighted by Crippen LogP contribution is -2.59. The molecule has 1 rings (SSSR count). The Morgan fingerprint density at radius 2 is 2.06 bits per heavy atom. The molecule has 98 valence electrons. The van der Waals surface area contributed by atoms with Crippen molar-refractivity contribution in [2.24, 2.45) is 0 Å². The Hall–Kier alpha value is -1.06. The molecule has 0 aromatic rings. The van der Waals surface area contributed by atoms with Crippen molar-refractivity contribution in [1.82, 2.24) is 10.2 Å². The highest BCUT2D eigenvalue weighted by molar-refractivity contribution is 5.94. The summed E-state index contributed by atoms with van der Waals surface area (Å²) in [6.45, 7) is 6.35. The third kappa shape index (κ3) is 3.72. The lowest BCUT2D eigenvalue weighted by molar-refractivity contribution is -0.146. The van der Waals surface area contributed by atoms with E-state index in [0.717, 1.165) is 12.8 Å². The smallest absolute Gasteiger partial charge is 0.245 e. The van der Waals surface area contributed by atoms with Crippen LogP contribution in [0, 0.1) is 0 Å². The van der Waals surface area contributed by atoms with Crippen LogP contribution in [0.3, 0.4) is 0 Å². The molecule has 2 atom stereocenters. The van der Waals surface area contributed by atoms with Gasteiger partial charge in [-0.3, -0.25) is 9.59 Å². The normalized spacial score (nSPS) is 22.5. The Morgan fingerprint density at radius 3 is 2.65 bits per heavy atom. The van der Waals surface area contributed by atoms with Gasteiger partial charge in [0.2, 0.25) is 11.8 Å². The molecule has 0 aromatic heterocycles. The highest BCUT2D eigenvalue weighted by Crippen LogP contribution is 2.14. The molecule has 4 heteroatoms. The number of piperazine rings is 1. The summed E-state index contributed by atoms with van der Waals surface area (Å²) >= 11 is 0. The lowest BCUT2D eigenvalue weighted by Gasteiger charge is -2.36. The average molecular weight is 240 g/mol. The predicted octanol–water partition coefficient (Wildman–Crippen LogP) is 1.69. The summed E-state index contributed by atoms with van der Waals surface area (Å²) in [5.74, 6) is 0.0508. The van der Waals surface area contributed by atoms with Gasteiger partial charge in [0.15, 0.2) is 0 Å². The number of hydrogen-bond acceptors (Lipinski definition) is 2. The number of amides is 2. The molecule has 1 aliphatic heterocycles. The van der Waals surface area contributed by atoms with Crippen LogP contribution in [0.25, 0.3) is 0 Å². The summed E-state index contributed by atoms with van der Waals surface area (Å²) in [5, 5.41) is 2.74. The van der Waals surface area contributed by atoms with Crippen molar-refractivity contribution in [3.63, 3.8) is 0 Å². The van der Waals surface area contributed by atoms with Crippen LogP contribution >= 0.6 is 0 Å². The van der Waals surface area contributed by atoms with Crippen molar-refractivity contribution in [3.8, 4) is 0 Å². The first-order chi connectivity index (χ1) is 8.10. The minimum atomic E-state index is -0.315. The third-order valence-electron chi connectivity index (χ3n) is 3.40. The van der Waals surface area contributed by atoms with Crippen LogP contribution in [0.2, 0.25) is 0 Å². The molecule has 0 aromatic carbocycles. The van der Waals surface area contributed by atoms with E-state index in [2.05, 4.69) is 12.2 Å². The minimum Gasteiger partial charge on any atom is -0.343 e. The summed E-state index contributed by atoms with van der Waals surface area (Å²) in [6, 6.07) is -0.140. The van der Waals surface area contributed by atoms with Crippen molar-refractivity contribution in [1.29, 1.82) is 0 Å². The zero-order chi connectivity index (χ0) is 12.8. The van der Waals surface area contributed by atoms with Crippen molar-refractivity contribution in [2.75, 3.05) is 6.54 Å². The van der Waals surface area contributed by atoms with Gasteiger partial charge in [-0.1, -0.05) is 33.1 Å². The summed E-state index contributed by atoms with van der Waals surface area (Å²) in [6.07, 6.45) is 5.15. The second-order valence-electron chi connectivity index (χ2n) is 4.84.